The number of hydrogen-bond acceptors (Lipinski definition) is 2. The van der Waals surface area contributed by atoms with E-state index in [9.17, 15) is 4.79 Å². The first-order valence-electron chi connectivity index (χ1n) is 9.69. The Bertz CT molecular complexity index is 520. The fourth-order valence-electron chi connectivity index (χ4n) is 4.29. The van der Waals surface area contributed by atoms with Crippen molar-refractivity contribution in [3.05, 3.63) is 11.6 Å². The van der Waals surface area contributed by atoms with Crippen LogP contribution in [-0.4, -0.2) is 49.5 Å². The summed E-state index contributed by atoms with van der Waals surface area (Å²) in [4.78, 5) is 19.0. The van der Waals surface area contributed by atoms with Crippen LogP contribution in [0.15, 0.2) is 16.6 Å². The van der Waals surface area contributed by atoms with Crippen LogP contribution in [0, 0.1) is 5.41 Å². The number of rotatable bonds is 4. The summed E-state index contributed by atoms with van der Waals surface area (Å²) in [5.74, 6) is 1.25. The highest BCUT2D eigenvalue weighted by atomic mass is 127. The Hall–Kier alpha value is -0.790. The summed E-state index contributed by atoms with van der Waals surface area (Å²) >= 11 is 0. The van der Waals surface area contributed by atoms with Crippen molar-refractivity contribution >= 4 is 35.8 Å². The molecule has 1 amide bonds. The van der Waals surface area contributed by atoms with Crippen LogP contribution in [0.1, 0.15) is 58.3 Å². The summed E-state index contributed by atoms with van der Waals surface area (Å²) in [6, 6.07) is 0. The second-order valence-electron chi connectivity index (χ2n) is 7.57. The molecule has 2 N–H and O–H groups in total. The lowest BCUT2D eigenvalue weighted by molar-refractivity contribution is -0.119. The average Bonchev–Trinajstić information content (AvgIpc) is 2.95. The molecule has 6 heteroatoms. The fourth-order valence-corrected chi connectivity index (χ4v) is 4.29. The van der Waals surface area contributed by atoms with Gasteiger partial charge in [0.1, 0.15) is 0 Å². The van der Waals surface area contributed by atoms with Gasteiger partial charge in [0.05, 0.1) is 0 Å². The third-order valence-corrected chi connectivity index (χ3v) is 5.57. The van der Waals surface area contributed by atoms with Crippen LogP contribution in [0.2, 0.25) is 0 Å². The molecule has 0 aromatic rings. The number of halogens is 1. The molecule has 0 bridgehead atoms. The zero-order chi connectivity index (χ0) is 16.8. The highest BCUT2D eigenvalue weighted by Gasteiger charge is 2.42. The van der Waals surface area contributed by atoms with Gasteiger partial charge in [-0.2, -0.15) is 0 Å². The number of amides is 1. The molecule has 1 unspecified atom stereocenters. The summed E-state index contributed by atoms with van der Waals surface area (Å²) in [7, 11) is 0. The lowest BCUT2D eigenvalue weighted by atomic mass is 9.79. The van der Waals surface area contributed by atoms with Gasteiger partial charge in [0.25, 0.3) is 0 Å². The third kappa shape index (κ3) is 5.59. The molecule has 2 heterocycles. The van der Waals surface area contributed by atoms with Gasteiger partial charge in [0.2, 0.25) is 5.91 Å². The van der Waals surface area contributed by atoms with Crippen molar-refractivity contribution < 1.29 is 4.79 Å². The summed E-state index contributed by atoms with van der Waals surface area (Å²) in [6.07, 6.45) is 11.7. The molecule has 1 atom stereocenters. The van der Waals surface area contributed by atoms with Crippen molar-refractivity contribution in [2.75, 3.05) is 32.7 Å². The molecule has 0 radical (unpaired) electrons. The van der Waals surface area contributed by atoms with Crippen LogP contribution in [0.5, 0.6) is 0 Å². The minimum absolute atomic E-state index is 0. The molecule has 3 rings (SSSR count). The molecule has 0 saturated carbocycles. The summed E-state index contributed by atoms with van der Waals surface area (Å²) < 4.78 is 0. The highest BCUT2D eigenvalue weighted by molar-refractivity contribution is 14.0. The number of piperidine rings is 1. The van der Waals surface area contributed by atoms with E-state index < -0.39 is 0 Å². The van der Waals surface area contributed by atoms with Crippen LogP contribution in [-0.2, 0) is 4.79 Å². The van der Waals surface area contributed by atoms with Gasteiger partial charge in [0.15, 0.2) is 5.96 Å². The highest BCUT2D eigenvalue weighted by Crippen LogP contribution is 2.36. The number of nitrogens with zero attached hydrogens (tertiary/aromatic N) is 2. The van der Waals surface area contributed by atoms with E-state index in [1.807, 2.05) is 0 Å². The standard InChI is InChI=1S/C19H32N4O.HI/c1-2-20-18(21-11-9-16-7-4-3-5-8-16)23-12-6-10-19(15-23)13-17(24)22-14-19;/h7H,2-6,8-15H2,1H3,(H,20,21)(H,22,24);1H. The number of carbonyl (C=O) groups is 1. The zero-order valence-electron chi connectivity index (χ0n) is 15.5. The van der Waals surface area contributed by atoms with Gasteiger partial charge in [-0.3, -0.25) is 9.79 Å². The largest absolute Gasteiger partial charge is 0.357 e. The van der Waals surface area contributed by atoms with E-state index in [-0.39, 0.29) is 35.3 Å². The number of allylic oxidation sites excluding steroid dienone is 1. The predicted molar refractivity (Wildman–Crippen MR) is 113 cm³/mol. The number of aliphatic imine (C=N–C) groups is 1. The van der Waals surface area contributed by atoms with Crippen LogP contribution < -0.4 is 10.6 Å². The SMILES string of the molecule is CCNC(=NCCC1=CCCCC1)N1CCCC2(CNC(=O)C2)C1.I. The Balaban J connectivity index is 0.00000225. The van der Waals surface area contributed by atoms with Crippen molar-refractivity contribution in [2.45, 2.75) is 58.3 Å². The minimum Gasteiger partial charge on any atom is -0.357 e. The molecule has 2 aliphatic heterocycles. The van der Waals surface area contributed by atoms with Crippen LogP contribution >= 0.6 is 24.0 Å². The molecular weight excluding hydrogens is 427 g/mol. The first-order chi connectivity index (χ1) is 11.7. The lowest BCUT2D eigenvalue weighted by Crippen LogP contribution is -2.51. The van der Waals surface area contributed by atoms with Gasteiger partial charge in [-0.25, -0.2) is 0 Å². The van der Waals surface area contributed by atoms with E-state index >= 15 is 0 Å². The van der Waals surface area contributed by atoms with E-state index in [0.29, 0.717) is 6.42 Å². The van der Waals surface area contributed by atoms with Crippen LogP contribution in [0.25, 0.3) is 0 Å². The monoisotopic (exact) mass is 460 g/mol. The number of carbonyl (C=O) groups excluding carboxylic acids is 1. The second kappa shape index (κ2) is 9.78. The van der Waals surface area contributed by atoms with Gasteiger partial charge in [-0.15, -0.1) is 24.0 Å². The zero-order valence-corrected chi connectivity index (χ0v) is 17.8. The molecule has 142 valence electrons. The summed E-state index contributed by atoms with van der Waals surface area (Å²) in [6.45, 7) is 6.70. The predicted octanol–water partition coefficient (Wildman–Crippen LogP) is 3.06. The quantitative estimate of drug-likeness (QED) is 0.294. The molecule has 2 fully saturated rings. The molecule has 0 aromatic heterocycles. The van der Waals surface area contributed by atoms with Gasteiger partial charge in [-0.1, -0.05) is 11.6 Å². The van der Waals surface area contributed by atoms with Crippen molar-refractivity contribution in [1.82, 2.24) is 15.5 Å². The normalized spacial score (nSPS) is 26.9. The smallest absolute Gasteiger partial charge is 0.220 e. The topological polar surface area (TPSA) is 56.7 Å². The fraction of sp³-hybridized carbons (Fsp3) is 0.789. The van der Waals surface area contributed by atoms with Crippen LogP contribution in [0.3, 0.4) is 0 Å². The first-order valence-corrected chi connectivity index (χ1v) is 9.69. The van der Waals surface area contributed by atoms with E-state index in [2.05, 4.69) is 28.5 Å². The van der Waals surface area contributed by atoms with Gasteiger partial charge in [-0.05, 0) is 51.9 Å². The van der Waals surface area contributed by atoms with Crippen molar-refractivity contribution in [3.63, 3.8) is 0 Å². The Morgan fingerprint density at radius 1 is 1.40 bits per heavy atom. The molecule has 25 heavy (non-hydrogen) atoms. The number of nitrogens with one attached hydrogen (secondary N) is 2. The van der Waals surface area contributed by atoms with Crippen molar-refractivity contribution in [3.8, 4) is 0 Å². The third-order valence-electron chi connectivity index (χ3n) is 5.57. The molecule has 3 aliphatic rings. The maximum Gasteiger partial charge on any atom is 0.220 e. The Kier molecular flexibility index (Phi) is 8.03. The van der Waals surface area contributed by atoms with Crippen molar-refractivity contribution in [2.24, 2.45) is 10.4 Å². The Morgan fingerprint density at radius 2 is 2.28 bits per heavy atom. The average molecular weight is 460 g/mol. The molecular formula is C19H33IN4O. The molecule has 2 saturated heterocycles. The van der Waals surface area contributed by atoms with E-state index in [0.717, 1.165) is 57.9 Å². The number of guanidine groups is 1. The lowest BCUT2D eigenvalue weighted by Gasteiger charge is -2.40. The maximum atomic E-state index is 11.7. The van der Waals surface area contributed by atoms with Crippen molar-refractivity contribution in [1.29, 1.82) is 0 Å². The minimum atomic E-state index is 0. The Labute approximate surface area is 169 Å². The second-order valence-corrected chi connectivity index (χ2v) is 7.57. The summed E-state index contributed by atoms with van der Waals surface area (Å²) in [5, 5.41) is 6.48. The summed E-state index contributed by atoms with van der Waals surface area (Å²) in [5.41, 5.74) is 1.71. The number of likely N-dealkylation sites (tertiary alicyclic amines) is 1. The molecule has 0 aromatic carbocycles. The van der Waals surface area contributed by atoms with E-state index in [1.165, 1.54) is 25.7 Å². The van der Waals surface area contributed by atoms with Gasteiger partial charge < -0.3 is 15.5 Å². The maximum absolute atomic E-state index is 11.7. The van der Waals surface area contributed by atoms with Crippen LogP contribution in [0.4, 0.5) is 0 Å². The molecule has 1 spiro atoms. The molecule has 5 nitrogen and oxygen atoms in total. The van der Waals surface area contributed by atoms with E-state index in [4.69, 9.17) is 4.99 Å². The van der Waals surface area contributed by atoms with Gasteiger partial charge in [0, 0.05) is 44.6 Å². The first kappa shape index (κ1) is 20.5. The van der Waals surface area contributed by atoms with Gasteiger partial charge >= 0.3 is 0 Å². The molecule has 1 aliphatic carbocycles. The van der Waals surface area contributed by atoms with E-state index in [1.54, 1.807) is 5.57 Å². The number of hydrogen-bond donors (Lipinski definition) is 2. The Morgan fingerprint density at radius 3 is 2.96 bits per heavy atom.